The van der Waals surface area contributed by atoms with E-state index in [0.29, 0.717) is 6.04 Å². The van der Waals surface area contributed by atoms with Gasteiger partial charge in [0.2, 0.25) is 0 Å². The summed E-state index contributed by atoms with van der Waals surface area (Å²) in [6.45, 7) is 9.74. The van der Waals surface area contributed by atoms with Gasteiger partial charge in [0.15, 0.2) is 0 Å². The molecule has 1 N–H and O–H groups in total. The largest absolute Gasteiger partial charge is 0.494 e. The van der Waals surface area contributed by atoms with Crippen molar-refractivity contribution in [3.8, 4) is 5.75 Å². The van der Waals surface area contributed by atoms with Crippen LogP contribution in [0.4, 0.5) is 0 Å². The number of benzene rings is 1. The van der Waals surface area contributed by atoms with Crippen molar-refractivity contribution in [3.63, 3.8) is 0 Å². The fourth-order valence-electron chi connectivity index (χ4n) is 2.58. The molecule has 0 saturated carbocycles. The summed E-state index contributed by atoms with van der Waals surface area (Å²) in [4.78, 5) is 2.54. The van der Waals surface area contributed by atoms with Crippen LogP contribution in [0.1, 0.15) is 38.3 Å². The van der Waals surface area contributed by atoms with Gasteiger partial charge in [0.05, 0.1) is 6.61 Å². The average Bonchev–Trinajstić information content (AvgIpc) is 2.93. The van der Waals surface area contributed by atoms with E-state index in [2.05, 4.69) is 41.4 Å². The van der Waals surface area contributed by atoms with E-state index in [0.717, 1.165) is 18.9 Å². The smallest absolute Gasteiger partial charge is 0.119 e. The van der Waals surface area contributed by atoms with E-state index in [1.165, 1.54) is 38.0 Å². The van der Waals surface area contributed by atoms with Gasteiger partial charge in [-0.2, -0.15) is 0 Å². The van der Waals surface area contributed by atoms with Crippen LogP contribution in [0.25, 0.3) is 0 Å². The van der Waals surface area contributed by atoms with E-state index in [9.17, 15) is 0 Å². The van der Waals surface area contributed by atoms with E-state index in [-0.39, 0.29) is 0 Å². The van der Waals surface area contributed by atoms with Gasteiger partial charge in [-0.15, -0.1) is 0 Å². The minimum atomic E-state index is 0.401. The monoisotopic (exact) mass is 262 g/mol. The molecule has 3 heteroatoms. The number of nitrogens with one attached hydrogen (secondary N) is 1. The van der Waals surface area contributed by atoms with Gasteiger partial charge in [-0.3, -0.25) is 0 Å². The molecule has 1 unspecified atom stereocenters. The molecule has 1 heterocycles. The molecule has 3 nitrogen and oxygen atoms in total. The highest BCUT2D eigenvalue weighted by atomic mass is 16.5. The zero-order valence-electron chi connectivity index (χ0n) is 12.2. The van der Waals surface area contributed by atoms with Crippen LogP contribution in [0, 0.1) is 0 Å². The van der Waals surface area contributed by atoms with Gasteiger partial charge in [-0.25, -0.2) is 0 Å². The molecule has 1 aromatic carbocycles. The highest BCUT2D eigenvalue weighted by Crippen LogP contribution is 2.17. The van der Waals surface area contributed by atoms with Gasteiger partial charge in [0, 0.05) is 19.1 Å². The Bertz CT molecular complexity index is 358. The second-order valence-corrected chi connectivity index (χ2v) is 5.23. The Labute approximate surface area is 116 Å². The summed E-state index contributed by atoms with van der Waals surface area (Å²) in [6, 6.07) is 8.81. The molecule has 0 aromatic heterocycles. The van der Waals surface area contributed by atoms with Crippen molar-refractivity contribution in [1.82, 2.24) is 10.2 Å². The molecular weight excluding hydrogens is 236 g/mol. The van der Waals surface area contributed by atoms with Crippen LogP contribution in [-0.2, 0) is 0 Å². The Kier molecular flexibility index (Phi) is 5.67. The van der Waals surface area contributed by atoms with Crippen LogP contribution in [0.2, 0.25) is 0 Å². The van der Waals surface area contributed by atoms with Crippen molar-refractivity contribution < 1.29 is 4.74 Å². The third kappa shape index (κ3) is 4.51. The number of rotatable bonds is 7. The molecular formula is C16H26N2O. The van der Waals surface area contributed by atoms with Gasteiger partial charge in [-0.1, -0.05) is 12.1 Å². The lowest BCUT2D eigenvalue weighted by atomic mass is 10.1. The third-order valence-corrected chi connectivity index (χ3v) is 3.77. The summed E-state index contributed by atoms with van der Waals surface area (Å²) in [6.07, 6.45) is 2.74. The van der Waals surface area contributed by atoms with E-state index in [1.54, 1.807) is 0 Å². The van der Waals surface area contributed by atoms with Crippen molar-refractivity contribution >= 4 is 0 Å². The number of hydrogen-bond donors (Lipinski definition) is 1. The molecule has 1 aromatic rings. The number of likely N-dealkylation sites (tertiary alicyclic amines) is 1. The Morgan fingerprint density at radius 2 is 1.89 bits per heavy atom. The van der Waals surface area contributed by atoms with Crippen LogP contribution in [0.3, 0.4) is 0 Å². The lowest BCUT2D eigenvalue weighted by molar-refractivity contribution is 0.329. The lowest BCUT2D eigenvalue weighted by Gasteiger charge is -2.18. The average molecular weight is 262 g/mol. The minimum Gasteiger partial charge on any atom is -0.494 e. The Hall–Kier alpha value is -1.06. The summed E-state index contributed by atoms with van der Waals surface area (Å²) >= 11 is 0. The van der Waals surface area contributed by atoms with Crippen molar-refractivity contribution in [2.45, 2.75) is 32.7 Å². The standard InChI is InChI=1S/C16H26N2O/c1-3-19-16-8-6-15(7-9-16)14(2)17-10-13-18-11-4-5-12-18/h6-9,14,17H,3-5,10-13H2,1-2H3. The maximum atomic E-state index is 5.46. The number of hydrogen-bond acceptors (Lipinski definition) is 3. The molecule has 0 aliphatic carbocycles. The van der Waals surface area contributed by atoms with Gasteiger partial charge < -0.3 is 15.0 Å². The molecule has 0 amide bonds. The topological polar surface area (TPSA) is 24.5 Å². The SMILES string of the molecule is CCOc1ccc(C(C)NCCN2CCCC2)cc1. The van der Waals surface area contributed by atoms with Gasteiger partial charge in [0.1, 0.15) is 5.75 Å². The Morgan fingerprint density at radius 3 is 2.53 bits per heavy atom. The summed E-state index contributed by atoms with van der Waals surface area (Å²) in [7, 11) is 0. The van der Waals surface area contributed by atoms with Gasteiger partial charge in [0.25, 0.3) is 0 Å². The van der Waals surface area contributed by atoms with Crippen molar-refractivity contribution in [2.75, 3.05) is 32.8 Å². The fraction of sp³-hybridized carbons (Fsp3) is 0.625. The second kappa shape index (κ2) is 7.51. The lowest BCUT2D eigenvalue weighted by Crippen LogP contribution is -2.31. The normalized spacial score (nSPS) is 17.6. The van der Waals surface area contributed by atoms with Crippen LogP contribution in [0.5, 0.6) is 5.75 Å². The first-order chi connectivity index (χ1) is 9.29. The zero-order valence-corrected chi connectivity index (χ0v) is 12.2. The predicted octanol–water partition coefficient (Wildman–Crippen LogP) is 2.83. The van der Waals surface area contributed by atoms with Gasteiger partial charge in [-0.05, 0) is 57.5 Å². The van der Waals surface area contributed by atoms with Crippen LogP contribution in [0.15, 0.2) is 24.3 Å². The van der Waals surface area contributed by atoms with E-state index in [1.807, 2.05) is 6.92 Å². The molecule has 0 radical (unpaired) electrons. The molecule has 1 fully saturated rings. The molecule has 0 bridgehead atoms. The van der Waals surface area contributed by atoms with Crippen molar-refractivity contribution in [2.24, 2.45) is 0 Å². The predicted molar refractivity (Wildman–Crippen MR) is 79.7 cm³/mol. The van der Waals surface area contributed by atoms with E-state index >= 15 is 0 Å². The van der Waals surface area contributed by atoms with Crippen molar-refractivity contribution in [1.29, 1.82) is 0 Å². The fourth-order valence-corrected chi connectivity index (χ4v) is 2.58. The first-order valence-corrected chi connectivity index (χ1v) is 7.48. The van der Waals surface area contributed by atoms with Crippen LogP contribution < -0.4 is 10.1 Å². The second-order valence-electron chi connectivity index (χ2n) is 5.23. The third-order valence-electron chi connectivity index (χ3n) is 3.77. The minimum absolute atomic E-state index is 0.401. The Morgan fingerprint density at radius 1 is 1.21 bits per heavy atom. The first kappa shape index (κ1) is 14.4. The zero-order chi connectivity index (χ0) is 13.5. The molecule has 1 aliphatic rings. The molecule has 106 valence electrons. The molecule has 2 rings (SSSR count). The maximum absolute atomic E-state index is 5.46. The van der Waals surface area contributed by atoms with E-state index in [4.69, 9.17) is 4.74 Å². The summed E-state index contributed by atoms with van der Waals surface area (Å²) in [5.74, 6) is 0.954. The van der Waals surface area contributed by atoms with Crippen LogP contribution in [-0.4, -0.2) is 37.7 Å². The molecule has 1 aliphatic heterocycles. The quantitative estimate of drug-likeness (QED) is 0.818. The van der Waals surface area contributed by atoms with Gasteiger partial charge >= 0.3 is 0 Å². The number of ether oxygens (including phenoxy) is 1. The Balaban J connectivity index is 1.73. The molecule has 1 atom stereocenters. The molecule has 0 spiro atoms. The molecule has 19 heavy (non-hydrogen) atoms. The summed E-state index contributed by atoms with van der Waals surface area (Å²) in [5, 5.41) is 3.59. The maximum Gasteiger partial charge on any atom is 0.119 e. The van der Waals surface area contributed by atoms with Crippen molar-refractivity contribution in [3.05, 3.63) is 29.8 Å². The molecule has 1 saturated heterocycles. The van der Waals surface area contributed by atoms with E-state index < -0.39 is 0 Å². The highest BCUT2D eigenvalue weighted by Gasteiger charge is 2.11. The number of nitrogens with zero attached hydrogens (tertiary/aromatic N) is 1. The van der Waals surface area contributed by atoms with Crippen LogP contribution >= 0.6 is 0 Å². The summed E-state index contributed by atoms with van der Waals surface area (Å²) < 4.78 is 5.46. The summed E-state index contributed by atoms with van der Waals surface area (Å²) in [5.41, 5.74) is 1.32. The highest BCUT2D eigenvalue weighted by molar-refractivity contribution is 5.28. The first-order valence-electron chi connectivity index (χ1n) is 7.48.